The van der Waals surface area contributed by atoms with Crippen molar-refractivity contribution in [2.24, 2.45) is 16.3 Å². The number of amides is 3. The summed E-state index contributed by atoms with van der Waals surface area (Å²) in [5, 5.41) is 6.97. The molecule has 0 bridgehead atoms. The van der Waals surface area contributed by atoms with E-state index in [0.29, 0.717) is 41.3 Å². The van der Waals surface area contributed by atoms with Crippen molar-refractivity contribution in [1.29, 1.82) is 0 Å². The number of rotatable bonds is 4. The Balaban J connectivity index is 1.98. The number of para-hydroxylation sites is 2. The highest BCUT2D eigenvalue weighted by Gasteiger charge is 2.36. The monoisotopic (exact) mass is 384 g/mol. The third-order valence-corrected chi connectivity index (χ3v) is 4.66. The van der Waals surface area contributed by atoms with Crippen LogP contribution in [-0.2, 0) is 6.42 Å². The van der Waals surface area contributed by atoms with Crippen LogP contribution in [0.1, 0.15) is 47.7 Å². The molecule has 0 radical (unpaired) electrons. The van der Waals surface area contributed by atoms with Crippen LogP contribution in [0.3, 0.4) is 0 Å². The number of fused-ring (bicyclic) bond motifs is 1. The second-order valence-electron chi connectivity index (χ2n) is 7.56. The number of ether oxygens (including phenoxy) is 1. The summed E-state index contributed by atoms with van der Waals surface area (Å²) in [7, 11) is 1.54. The van der Waals surface area contributed by atoms with E-state index < -0.39 is 6.03 Å². The smallest absolute Gasteiger partial charge is 0.332 e. The summed E-state index contributed by atoms with van der Waals surface area (Å²) in [5.41, 5.74) is 9.90. The maximum Gasteiger partial charge on any atom is 0.332 e. The molecule has 1 aromatic heterocycles. The van der Waals surface area contributed by atoms with Crippen molar-refractivity contribution in [3.05, 3.63) is 46.9 Å². The second-order valence-corrected chi connectivity index (χ2v) is 7.56. The highest BCUT2D eigenvalue weighted by atomic mass is 16.5. The van der Waals surface area contributed by atoms with Crippen molar-refractivity contribution < 1.29 is 18.7 Å². The molecule has 2 aromatic rings. The minimum absolute atomic E-state index is 0.133. The van der Waals surface area contributed by atoms with Gasteiger partial charge in [0.25, 0.3) is 5.91 Å². The maximum absolute atomic E-state index is 12.9. The van der Waals surface area contributed by atoms with Gasteiger partial charge in [-0.05, 0) is 30.9 Å². The number of methoxy groups -OCH3 is 1. The average Bonchev–Trinajstić information content (AvgIpc) is 2.95. The lowest BCUT2D eigenvalue weighted by Gasteiger charge is -2.29. The normalized spacial score (nSPS) is 16.4. The zero-order valence-electron chi connectivity index (χ0n) is 16.4. The van der Waals surface area contributed by atoms with E-state index in [2.05, 4.69) is 29.7 Å². The van der Waals surface area contributed by atoms with E-state index in [1.165, 1.54) is 0 Å². The lowest BCUT2D eigenvalue weighted by atomic mass is 9.75. The number of benzene rings is 1. The second kappa shape index (κ2) is 7.38. The van der Waals surface area contributed by atoms with Crippen LogP contribution in [0.15, 0.2) is 33.8 Å². The minimum Gasteiger partial charge on any atom is -0.495 e. The Hall–Kier alpha value is -3.29. The van der Waals surface area contributed by atoms with Crippen molar-refractivity contribution in [2.75, 3.05) is 12.4 Å². The fraction of sp³-hybridized carbons (Fsp3) is 0.350. The molecule has 0 atom stereocenters. The number of hydrogen-bond donors (Lipinski definition) is 3. The van der Waals surface area contributed by atoms with E-state index in [1.54, 1.807) is 32.2 Å². The van der Waals surface area contributed by atoms with Gasteiger partial charge < -0.3 is 20.2 Å². The third-order valence-electron chi connectivity index (χ3n) is 4.66. The molecule has 1 aliphatic rings. The Labute approximate surface area is 163 Å². The molecular weight excluding hydrogens is 360 g/mol. The Morgan fingerprint density at radius 3 is 2.64 bits per heavy atom. The number of nitrogens with zero attached hydrogens (tertiary/aromatic N) is 1. The van der Waals surface area contributed by atoms with Crippen LogP contribution in [0.4, 0.5) is 10.5 Å². The first kappa shape index (κ1) is 19.5. The summed E-state index contributed by atoms with van der Waals surface area (Å²) in [6.07, 6.45) is 1.27. The molecule has 0 aliphatic heterocycles. The lowest BCUT2D eigenvalue weighted by Crippen LogP contribution is -2.31. The molecule has 0 spiro atoms. The van der Waals surface area contributed by atoms with Crippen molar-refractivity contribution in [2.45, 2.75) is 33.6 Å². The Morgan fingerprint density at radius 2 is 1.96 bits per heavy atom. The number of hydrazone groups is 1. The summed E-state index contributed by atoms with van der Waals surface area (Å²) in [4.78, 5) is 23.9. The Morgan fingerprint density at radius 1 is 1.25 bits per heavy atom. The van der Waals surface area contributed by atoms with Gasteiger partial charge in [-0.1, -0.05) is 26.0 Å². The van der Waals surface area contributed by atoms with Gasteiger partial charge in [0.2, 0.25) is 0 Å². The first-order chi connectivity index (χ1) is 13.2. The standard InChI is InChI=1S/C20H24N4O4/c1-11-16-13(23-24-19(21)26)9-20(2,3)10-15(16)28-17(11)18(25)22-12-7-5-6-8-14(12)27-4/h5-8H,9-10H2,1-4H3,(H,22,25)(H3,21,24,26)/b23-13-. The summed E-state index contributed by atoms with van der Waals surface area (Å²) in [5.74, 6) is 1.06. The first-order valence-electron chi connectivity index (χ1n) is 8.91. The van der Waals surface area contributed by atoms with Crippen LogP contribution in [0, 0.1) is 12.3 Å². The predicted molar refractivity (Wildman–Crippen MR) is 106 cm³/mol. The molecule has 8 heteroatoms. The number of furan rings is 1. The lowest BCUT2D eigenvalue weighted by molar-refractivity contribution is 0.0992. The summed E-state index contributed by atoms with van der Waals surface area (Å²) in [6, 6.07) is 6.40. The van der Waals surface area contributed by atoms with Gasteiger partial charge in [0, 0.05) is 17.5 Å². The van der Waals surface area contributed by atoms with Crippen molar-refractivity contribution in [3.63, 3.8) is 0 Å². The van der Waals surface area contributed by atoms with Gasteiger partial charge in [-0.2, -0.15) is 5.10 Å². The largest absolute Gasteiger partial charge is 0.495 e. The minimum atomic E-state index is -0.743. The van der Waals surface area contributed by atoms with Crippen LogP contribution in [0.25, 0.3) is 0 Å². The molecule has 8 nitrogen and oxygen atoms in total. The summed E-state index contributed by atoms with van der Waals surface area (Å²) < 4.78 is 11.2. The molecular formula is C20H24N4O4. The molecule has 1 heterocycles. The van der Waals surface area contributed by atoms with Gasteiger partial charge in [0.1, 0.15) is 11.5 Å². The van der Waals surface area contributed by atoms with Gasteiger partial charge >= 0.3 is 6.03 Å². The number of anilines is 1. The van der Waals surface area contributed by atoms with Crippen LogP contribution in [0.2, 0.25) is 0 Å². The molecule has 0 saturated carbocycles. The average molecular weight is 384 g/mol. The van der Waals surface area contributed by atoms with Crippen LogP contribution < -0.4 is 21.2 Å². The van der Waals surface area contributed by atoms with Crippen molar-refractivity contribution >= 4 is 23.3 Å². The number of carbonyl (C=O) groups is 2. The third kappa shape index (κ3) is 3.85. The van der Waals surface area contributed by atoms with Gasteiger partial charge in [0.05, 0.1) is 18.5 Å². The zero-order valence-corrected chi connectivity index (χ0v) is 16.4. The predicted octanol–water partition coefficient (Wildman–Crippen LogP) is 3.19. The van der Waals surface area contributed by atoms with E-state index in [-0.39, 0.29) is 17.1 Å². The van der Waals surface area contributed by atoms with E-state index >= 15 is 0 Å². The number of carbonyl (C=O) groups excluding carboxylic acids is 2. The number of hydrogen-bond acceptors (Lipinski definition) is 5. The number of primary amides is 1. The van der Waals surface area contributed by atoms with E-state index in [4.69, 9.17) is 14.9 Å². The highest BCUT2D eigenvalue weighted by molar-refractivity contribution is 6.09. The molecule has 28 heavy (non-hydrogen) atoms. The van der Waals surface area contributed by atoms with Crippen molar-refractivity contribution in [1.82, 2.24) is 5.43 Å². The molecule has 148 valence electrons. The number of nitrogens with two attached hydrogens (primary N) is 1. The molecule has 3 rings (SSSR count). The topological polar surface area (TPSA) is 119 Å². The van der Waals surface area contributed by atoms with Crippen molar-refractivity contribution in [3.8, 4) is 5.75 Å². The number of urea groups is 1. The summed E-state index contributed by atoms with van der Waals surface area (Å²) >= 11 is 0. The van der Waals surface area contributed by atoms with Crippen LogP contribution in [-0.4, -0.2) is 24.8 Å². The maximum atomic E-state index is 12.9. The van der Waals surface area contributed by atoms with Gasteiger partial charge in [-0.25, -0.2) is 10.2 Å². The molecule has 1 aliphatic carbocycles. The summed E-state index contributed by atoms with van der Waals surface area (Å²) in [6.45, 7) is 5.95. The molecule has 0 fully saturated rings. The number of nitrogens with one attached hydrogen (secondary N) is 2. The van der Waals surface area contributed by atoms with E-state index in [0.717, 1.165) is 5.56 Å². The van der Waals surface area contributed by atoms with Gasteiger partial charge in [-0.3, -0.25) is 4.79 Å². The SMILES string of the molecule is COc1ccccc1NC(=O)c1oc2c(c1C)/C(=N\NC(N)=O)CC(C)(C)C2. The Bertz CT molecular complexity index is 959. The fourth-order valence-corrected chi connectivity index (χ4v) is 3.48. The molecule has 3 amide bonds. The quantitative estimate of drug-likeness (QED) is 0.701. The molecule has 4 N–H and O–H groups in total. The fourth-order valence-electron chi connectivity index (χ4n) is 3.48. The Kier molecular flexibility index (Phi) is 5.13. The van der Waals surface area contributed by atoms with Gasteiger partial charge in [0.15, 0.2) is 5.76 Å². The first-order valence-corrected chi connectivity index (χ1v) is 8.91. The highest BCUT2D eigenvalue weighted by Crippen LogP contribution is 2.39. The molecule has 0 unspecified atom stereocenters. The molecule has 0 saturated heterocycles. The van der Waals surface area contributed by atoms with Crippen LogP contribution >= 0.6 is 0 Å². The van der Waals surface area contributed by atoms with E-state index in [1.807, 2.05) is 6.07 Å². The van der Waals surface area contributed by atoms with Gasteiger partial charge in [-0.15, -0.1) is 0 Å². The van der Waals surface area contributed by atoms with Crippen LogP contribution in [0.5, 0.6) is 5.75 Å². The molecule has 1 aromatic carbocycles. The van der Waals surface area contributed by atoms with E-state index in [9.17, 15) is 9.59 Å². The zero-order chi connectivity index (χ0) is 20.5.